The standard InChI is InChI=1S/C24H18ClFN2O3/c1-14(15-5-7-16(8-6-15)24(29)30)28-23-22-19(20(25)13-27-23)3-2-4-21(22)31-18-11-9-17(26)10-12-18/h2-14H,1H3,(H,27,28)(H,29,30)/t14-/m0/s1. The summed E-state index contributed by atoms with van der Waals surface area (Å²) in [5.74, 6) is 0.249. The predicted molar refractivity (Wildman–Crippen MR) is 119 cm³/mol. The van der Waals surface area contributed by atoms with Gasteiger partial charge in [0, 0.05) is 17.6 Å². The van der Waals surface area contributed by atoms with E-state index in [1.807, 2.05) is 19.1 Å². The molecule has 1 heterocycles. The van der Waals surface area contributed by atoms with Gasteiger partial charge in [0.05, 0.1) is 16.0 Å². The van der Waals surface area contributed by atoms with Crippen LogP contribution in [0, 0.1) is 5.82 Å². The van der Waals surface area contributed by atoms with Crippen LogP contribution in [0.25, 0.3) is 10.8 Å². The smallest absolute Gasteiger partial charge is 0.335 e. The summed E-state index contributed by atoms with van der Waals surface area (Å²) >= 11 is 6.37. The van der Waals surface area contributed by atoms with E-state index in [1.54, 1.807) is 48.7 Å². The van der Waals surface area contributed by atoms with Crippen molar-refractivity contribution in [1.29, 1.82) is 0 Å². The molecule has 0 aliphatic heterocycles. The number of carbonyl (C=O) groups is 1. The molecule has 0 bridgehead atoms. The fraction of sp³-hybridized carbons (Fsp3) is 0.0833. The number of benzene rings is 3. The van der Waals surface area contributed by atoms with Crippen LogP contribution in [0.5, 0.6) is 11.5 Å². The van der Waals surface area contributed by atoms with Gasteiger partial charge in [0.1, 0.15) is 23.1 Å². The van der Waals surface area contributed by atoms with Gasteiger partial charge in [-0.1, -0.05) is 35.9 Å². The first-order valence-corrected chi connectivity index (χ1v) is 9.90. The largest absolute Gasteiger partial charge is 0.478 e. The van der Waals surface area contributed by atoms with Crippen LogP contribution < -0.4 is 10.1 Å². The van der Waals surface area contributed by atoms with Crippen molar-refractivity contribution in [1.82, 2.24) is 4.98 Å². The van der Waals surface area contributed by atoms with E-state index in [-0.39, 0.29) is 17.4 Å². The van der Waals surface area contributed by atoms with Gasteiger partial charge in [0.2, 0.25) is 0 Å². The number of pyridine rings is 1. The third-order valence-corrected chi connectivity index (χ3v) is 5.18. The first-order valence-electron chi connectivity index (χ1n) is 9.53. The molecule has 1 aromatic heterocycles. The maximum atomic E-state index is 13.2. The highest BCUT2D eigenvalue weighted by Gasteiger charge is 2.16. The van der Waals surface area contributed by atoms with Gasteiger partial charge >= 0.3 is 5.97 Å². The Morgan fingerprint density at radius 3 is 2.48 bits per heavy atom. The lowest BCUT2D eigenvalue weighted by Crippen LogP contribution is -2.09. The number of rotatable bonds is 6. The third-order valence-electron chi connectivity index (χ3n) is 4.88. The van der Waals surface area contributed by atoms with E-state index < -0.39 is 5.97 Å². The number of halogens is 2. The van der Waals surface area contributed by atoms with Gasteiger partial charge in [-0.3, -0.25) is 0 Å². The van der Waals surface area contributed by atoms with Crippen molar-refractivity contribution in [3.63, 3.8) is 0 Å². The van der Waals surface area contributed by atoms with Crippen LogP contribution in [-0.2, 0) is 0 Å². The normalized spacial score (nSPS) is 11.8. The van der Waals surface area contributed by atoms with Gasteiger partial charge in [0.15, 0.2) is 0 Å². The molecule has 3 aromatic carbocycles. The summed E-state index contributed by atoms with van der Waals surface area (Å²) in [6.45, 7) is 1.95. The lowest BCUT2D eigenvalue weighted by atomic mass is 10.1. The monoisotopic (exact) mass is 436 g/mol. The van der Waals surface area contributed by atoms with Gasteiger partial charge in [-0.05, 0) is 55.0 Å². The van der Waals surface area contributed by atoms with Gasteiger partial charge < -0.3 is 15.2 Å². The number of fused-ring (bicyclic) bond motifs is 1. The van der Waals surface area contributed by atoms with E-state index >= 15 is 0 Å². The number of nitrogens with zero attached hydrogens (tertiary/aromatic N) is 1. The molecule has 0 amide bonds. The van der Waals surface area contributed by atoms with Crippen molar-refractivity contribution < 1.29 is 19.0 Å². The van der Waals surface area contributed by atoms with Gasteiger partial charge in [-0.15, -0.1) is 0 Å². The molecule has 0 radical (unpaired) electrons. The SMILES string of the molecule is C[C@H](Nc1ncc(Cl)c2cccc(Oc3ccc(F)cc3)c12)c1ccc(C(=O)O)cc1. The Bertz CT molecular complexity index is 1240. The summed E-state index contributed by atoms with van der Waals surface area (Å²) in [4.78, 5) is 15.5. The summed E-state index contributed by atoms with van der Waals surface area (Å²) in [5, 5.41) is 14.4. The Morgan fingerprint density at radius 1 is 1.10 bits per heavy atom. The van der Waals surface area contributed by atoms with Crippen molar-refractivity contribution in [2.24, 2.45) is 0 Å². The fourth-order valence-electron chi connectivity index (χ4n) is 3.26. The predicted octanol–water partition coefficient (Wildman–Crippen LogP) is 6.69. The number of carboxylic acid groups (broad SMARTS) is 1. The molecule has 0 saturated carbocycles. The Hall–Kier alpha value is -3.64. The highest BCUT2D eigenvalue weighted by molar-refractivity contribution is 6.36. The zero-order chi connectivity index (χ0) is 22.0. The number of aromatic nitrogens is 1. The average Bonchev–Trinajstić information content (AvgIpc) is 2.77. The van der Waals surface area contributed by atoms with Crippen LogP contribution in [0.15, 0.2) is 72.9 Å². The number of ether oxygens (including phenoxy) is 1. The molecular formula is C24H18ClFN2O3. The van der Waals surface area contributed by atoms with Crippen molar-refractivity contribution in [3.8, 4) is 11.5 Å². The molecule has 0 aliphatic rings. The maximum absolute atomic E-state index is 13.2. The molecule has 2 N–H and O–H groups in total. The molecule has 4 rings (SSSR count). The lowest BCUT2D eigenvalue weighted by Gasteiger charge is -2.19. The molecule has 31 heavy (non-hydrogen) atoms. The van der Waals surface area contributed by atoms with E-state index in [1.165, 1.54) is 12.1 Å². The fourth-order valence-corrected chi connectivity index (χ4v) is 3.46. The molecular weight excluding hydrogens is 419 g/mol. The Balaban J connectivity index is 1.70. The second kappa shape index (κ2) is 8.62. The molecule has 156 valence electrons. The number of nitrogens with one attached hydrogen (secondary N) is 1. The molecule has 5 nitrogen and oxygen atoms in total. The van der Waals surface area contributed by atoms with Crippen molar-refractivity contribution in [2.75, 3.05) is 5.32 Å². The van der Waals surface area contributed by atoms with Crippen LogP contribution >= 0.6 is 11.6 Å². The summed E-state index contributed by atoms with van der Waals surface area (Å²) in [7, 11) is 0. The quantitative estimate of drug-likeness (QED) is 0.352. The Morgan fingerprint density at radius 2 is 1.81 bits per heavy atom. The van der Waals surface area contributed by atoms with Gasteiger partial charge in [-0.25, -0.2) is 14.2 Å². The van der Waals surface area contributed by atoms with E-state index in [0.717, 1.165) is 10.9 Å². The number of carboxylic acids is 1. The van der Waals surface area contributed by atoms with E-state index in [9.17, 15) is 9.18 Å². The number of hydrogen-bond donors (Lipinski definition) is 2. The first-order chi connectivity index (χ1) is 14.9. The van der Waals surface area contributed by atoms with Crippen LogP contribution in [-0.4, -0.2) is 16.1 Å². The second-order valence-electron chi connectivity index (χ2n) is 6.98. The zero-order valence-corrected chi connectivity index (χ0v) is 17.2. The zero-order valence-electron chi connectivity index (χ0n) is 16.5. The minimum Gasteiger partial charge on any atom is -0.478 e. The Labute approximate surface area is 183 Å². The number of aromatic carboxylic acids is 1. The molecule has 4 aromatic rings. The van der Waals surface area contributed by atoms with Gasteiger partial charge in [0.25, 0.3) is 0 Å². The summed E-state index contributed by atoms with van der Waals surface area (Å²) in [6.07, 6.45) is 1.56. The number of anilines is 1. The van der Waals surface area contributed by atoms with Gasteiger partial charge in [-0.2, -0.15) is 0 Å². The topological polar surface area (TPSA) is 71.5 Å². The molecule has 0 aliphatic carbocycles. The summed E-state index contributed by atoms with van der Waals surface area (Å²) < 4.78 is 19.2. The summed E-state index contributed by atoms with van der Waals surface area (Å²) in [5.41, 5.74) is 1.12. The number of hydrogen-bond acceptors (Lipinski definition) is 4. The van der Waals surface area contributed by atoms with Crippen molar-refractivity contribution >= 4 is 34.2 Å². The van der Waals surface area contributed by atoms with Crippen LogP contribution in [0.3, 0.4) is 0 Å². The molecule has 0 fully saturated rings. The minimum atomic E-state index is -0.972. The molecule has 0 spiro atoms. The molecule has 0 saturated heterocycles. The molecule has 0 unspecified atom stereocenters. The molecule has 1 atom stereocenters. The van der Waals surface area contributed by atoms with Crippen molar-refractivity contribution in [3.05, 3.63) is 94.9 Å². The van der Waals surface area contributed by atoms with E-state index in [4.69, 9.17) is 21.4 Å². The first kappa shape index (κ1) is 20.6. The summed E-state index contributed by atoms with van der Waals surface area (Å²) in [6, 6.07) is 17.7. The third kappa shape index (κ3) is 4.44. The highest BCUT2D eigenvalue weighted by Crippen LogP contribution is 2.38. The average molecular weight is 437 g/mol. The second-order valence-corrected chi connectivity index (χ2v) is 7.39. The van der Waals surface area contributed by atoms with Crippen molar-refractivity contribution in [2.45, 2.75) is 13.0 Å². The van der Waals surface area contributed by atoms with Crippen LogP contribution in [0.2, 0.25) is 5.02 Å². The van der Waals surface area contributed by atoms with Crippen LogP contribution in [0.1, 0.15) is 28.9 Å². The van der Waals surface area contributed by atoms with E-state index in [0.29, 0.717) is 27.7 Å². The maximum Gasteiger partial charge on any atom is 0.335 e. The molecule has 7 heteroatoms. The lowest BCUT2D eigenvalue weighted by molar-refractivity contribution is 0.0697. The van der Waals surface area contributed by atoms with Crippen LogP contribution in [0.4, 0.5) is 10.2 Å². The highest BCUT2D eigenvalue weighted by atomic mass is 35.5. The van der Waals surface area contributed by atoms with E-state index in [2.05, 4.69) is 10.3 Å². The Kier molecular flexibility index (Phi) is 5.73. The minimum absolute atomic E-state index is 0.168.